The lowest BCUT2D eigenvalue weighted by molar-refractivity contribution is -0.384. The van der Waals surface area contributed by atoms with Crippen LogP contribution in [0.3, 0.4) is 0 Å². The fraction of sp³-hybridized carbons (Fsp3) is 0.118. The van der Waals surface area contributed by atoms with Crippen LogP contribution in [0, 0.1) is 10.1 Å². The van der Waals surface area contributed by atoms with Crippen LogP contribution in [0.15, 0.2) is 55.1 Å². The normalized spacial score (nSPS) is 10.3. The molecule has 1 amide bonds. The Hall–Kier alpha value is -3.75. The predicted molar refractivity (Wildman–Crippen MR) is 93.2 cm³/mol. The SMILES string of the molecule is COc1ccc([N+](=O)[O-])cc1NC(=O)c1ccc(Cn2cncn2)cc1. The van der Waals surface area contributed by atoms with E-state index in [1.165, 1.54) is 31.6 Å². The number of nitro benzene ring substituents is 1. The highest BCUT2D eigenvalue weighted by Gasteiger charge is 2.14. The Morgan fingerprint density at radius 3 is 2.65 bits per heavy atom. The summed E-state index contributed by atoms with van der Waals surface area (Å²) in [5, 5.41) is 17.6. The van der Waals surface area contributed by atoms with E-state index < -0.39 is 10.8 Å². The number of benzene rings is 2. The largest absolute Gasteiger partial charge is 0.495 e. The molecule has 1 heterocycles. The minimum absolute atomic E-state index is 0.135. The van der Waals surface area contributed by atoms with E-state index in [1.54, 1.807) is 35.3 Å². The summed E-state index contributed by atoms with van der Waals surface area (Å²) in [5.41, 5.74) is 1.48. The zero-order chi connectivity index (χ0) is 18.5. The molecule has 0 spiro atoms. The van der Waals surface area contributed by atoms with E-state index in [9.17, 15) is 14.9 Å². The molecule has 0 unspecified atom stereocenters. The Bertz CT molecular complexity index is 923. The fourth-order valence-corrected chi connectivity index (χ4v) is 2.36. The maximum absolute atomic E-state index is 12.4. The van der Waals surface area contributed by atoms with Gasteiger partial charge in [-0.1, -0.05) is 12.1 Å². The minimum atomic E-state index is -0.534. The molecule has 2 aromatic carbocycles. The molecule has 1 aromatic heterocycles. The van der Waals surface area contributed by atoms with E-state index in [0.717, 1.165) is 5.56 Å². The third kappa shape index (κ3) is 3.83. The average Bonchev–Trinajstić information content (AvgIpc) is 3.15. The van der Waals surface area contributed by atoms with Crippen molar-refractivity contribution in [1.29, 1.82) is 0 Å². The molecule has 0 radical (unpaired) electrons. The highest BCUT2D eigenvalue weighted by atomic mass is 16.6. The van der Waals surface area contributed by atoms with E-state index in [-0.39, 0.29) is 11.4 Å². The summed E-state index contributed by atoms with van der Waals surface area (Å²) in [4.78, 5) is 26.7. The second-order valence-electron chi connectivity index (χ2n) is 5.39. The highest BCUT2D eigenvalue weighted by Crippen LogP contribution is 2.29. The fourth-order valence-electron chi connectivity index (χ4n) is 2.36. The molecule has 0 saturated heterocycles. The van der Waals surface area contributed by atoms with E-state index in [2.05, 4.69) is 15.4 Å². The molecule has 9 heteroatoms. The van der Waals surface area contributed by atoms with Crippen LogP contribution in [-0.2, 0) is 6.54 Å². The molecule has 0 aliphatic heterocycles. The van der Waals surface area contributed by atoms with Gasteiger partial charge in [0, 0.05) is 17.7 Å². The van der Waals surface area contributed by atoms with Crippen molar-refractivity contribution in [2.24, 2.45) is 0 Å². The summed E-state index contributed by atoms with van der Waals surface area (Å²) >= 11 is 0. The van der Waals surface area contributed by atoms with E-state index >= 15 is 0 Å². The number of hydrogen-bond donors (Lipinski definition) is 1. The van der Waals surface area contributed by atoms with Crippen LogP contribution in [0.25, 0.3) is 0 Å². The summed E-state index contributed by atoms with van der Waals surface area (Å²) < 4.78 is 6.81. The first-order chi connectivity index (χ1) is 12.6. The van der Waals surface area contributed by atoms with Gasteiger partial charge < -0.3 is 10.1 Å². The van der Waals surface area contributed by atoms with Gasteiger partial charge in [-0.25, -0.2) is 9.67 Å². The van der Waals surface area contributed by atoms with Crippen LogP contribution in [0.1, 0.15) is 15.9 Å². The summed E-state index contributed by atoms with van der Waals surface area (Å²) in [5.74, 6) is -0.0529. The number of anilines is 1. The average molecular weight is 353 g/mol. The maximum atomic E-state index is 12.4. The Kier molecular flexibility index (Phi) is 4.88. The van der Waals surface area contributed by atoms with Crippen molar-refractivity contribution in [3.8, 4) is 5.75 Å². The first-order valence-corrected chi connectivity index (χ1v) is 7.62. The molecule has 9 nitrogen and oxygen atoms in total. The van der Waals surface area contributed by atoms with Crippen molar-refractivity contribution in [2.75, 3.05) is 12.4 Å². The lowest BCUT2D eigenvalue weighted by Gasteiger charge is -2.10. The number of aromatic nitrogens is 3. The van der Waals surface area contributed by atoms with Gasteiger partial charge in [0.05, 0.1) is 24.3 Å². The third-order valence-corrected chi connectivity index (χ3v) is 3.67. The number of rotatable bonds is 6. The van der Waals surface area contributed by atoms with Crippen LogP contribution in [-0.4, -0.2) is 32.7 Å². The van der Waals surface area contributed by atoms with Crippen LogP contribution < -0.4 is 10.1 Å². The van der Waals surface area contributed by atoms with Crippen molar-refractivity contribution < 1.29 is 14.5 Å². The first-order valence-electron chi connectivity index (χ1n) is 7.62. The molecule has 3 rings (SSSR count). The predicted octanol–water partition coefficient (Wildman–Crippen LogP) is 2.50. The topological polar surface area (TPSA) is 112 Å². The van der Waals surface area contributed by atoms with E-state index in [4.69, 9.17) is 4.74 Å². The van der Waals surface area contributed by atoms with Gasteiger partial charge in [0.2, 0.25) is 0 Å². The Morgan fingerprint density at radius 1 is 1.27 bits per heavy atom. The second-order valence-corrected chi connectivity index (χ2v) is 5.39. The number of methoxy groups -OCH3 is 1. The second kappa shape index (κ2) is 7.43. The number of non-ortho nitro benzene ring substituents is 1. The van der Waals surface area contributed by atoms with Crippen molar-refractivity contribution in [3.05, 3.63) is 76.4 Å². The van der Waals surface area contributed by atoms with E-state index in [0.29, 0.717) is 17.9 Å². The molecule has 26 heavy (non-hydrogen) atoms. The molecular weight excluding hydrogens is 338 g/mol. The van der Waals surface area contributed by atoms with Crippen LogP contribution >= 0.6 is 0 Å². The standard InChI is InChI=1S/C17H15N5O4/c1-26-16-7-6-14(22(24)25)8-15(16)20-17(23)13-4-2-12(3-5-13)9-21-11-18-10-19-21/h2-8,10-11H,9H2,1H3,(H,20,23). The van der Waals surface area contributed by atoms with Gasteiger partial charge in [-0.3, -0.25) is 14.9 Å². The lowest BCUT2D eigenvalue weighted by atomic mass is 10.1. The quantitative estimate of drug-likeness (QED) is 0.538. The van der Waals surface area contributed by atoms with Crippen LogP contribution in [0.5, 0.6) is 5.75 Å². The first kappa shape index (κ1) is 17.1. The molecule has 0 fully saturated rings. The lowest BCUT2D eigenvalue weighted by Crippen LogP contribution is -2.13. The summed E-state index contributed by atoms with van der Waals surface area (Å²) in [6.45, 7) is 0.542. The summed E-state index contributed by atoms with van der Waals surface area (Å²) in [6, 6.07) is 11.0. The Balaban J connectivity index is 1.75. The third-order valence-electron chi connectivity index (χ3n) is 3.67. The number of ether oxygens (including phenoxy) is 1. The van der Waals surface area contributed by atoms with Crippen LogP contribution in [0.2, 0.25) is 0 Å². The minimum Gasteiger partial charge on any atom is -0.495 e. The summed E-state index contributed by atoms with van der Waals surface area (Å²) in [6.07, 6.45) is 3.06. The molecule has 0 aliphatic carbocycles. The number of nitrogens with one attached hydrogen (secondary N) is 1. The van der Waals surface area contributed by atoms with Gasteiger partial charge in [-0.2, -0.15) is 5.10 Å². The van der Waals surface area contributed by atoms with Gasteiger partial charge in [-0.05, 0) is 23.8 Å². The van der Waals surface area contributed by atoms with Gasteiger partial charge in [-0.15, -0.1) is 0 Å². The molecule has 0 atom stereocenters. The van der Waals surface area contributed by atoms with Gasteiger partial charge in [0.25, 0.3) is 11.6 Å². The van der Waals surface area contributed by atoms with E-state index in [1.807, 2.05) is 0 Å². The van der Waals surface area contributed by atoms with Crippen molar-refractivity contribution in [1.82, 2.24) is 14.8 Å². The summed E-state index contributed by atoms with van der Waals surface area (Å²) in [7, 11) is 1.43. The van der Waals surface area contributed by atoms with Gasteiger partial charge in [0.1, 0.15) is 18.4 Å². The van der Waals surface area contributed by atoms with Crippen molar-refractivity contribution in [3.63, 3.8) is 0 Å². The Labute approximate surface area is 148 Å². The molecule has 1 N–H and O–H groups in total. The molecule has 0 bridgehead atoms. The maximum Gasteiger partial charge on any atom is 0.271 e. The Morgan fingerprint density at radius 2 is 2.04 bits per heavy atom. The number of nitrogens with zero attached hydrogens (tertiary/aromatic N) is 4. The highest BCUT2D eigenvalue weighted by molar-refractivity contribution is 6.05. The number of nitro groups is 1. The number of amides is 1. The number of carbonyl (C=O) groups is 1. The molecular formula is C17H15N5O4. The zero-order valence-corrected chi connectivity index (χ0v) is 13.8. The smallest absolute Gasteiger partial charge is 0.271 e. The van der Waals surface area contributed by atoms with Crippen LogP contribution in [0.4, 0.5) is 11.4 Å². The number of hydrogen-bond acceptors (Lipinski definition) is 6. The molecule has 0 aliphatic rings. The van der Waals surface area contributed by atoms with Gasteiger partial charge in [0.15, 0.2) is 0 Å². The zero-order valence-electron chi connectivity index (χ0n) is 13.8. The molecule has 132 valence electrons. The molecule has 0 saturated carbocycles. The molecule has 3 aromatic rings. The van der Waals surface area contributed by atoms with Crippen molar-refractivity contribution in [2.45, 2.75) is 6.54 Å². The van der Waals surface area contributed by atoms with Crippen molar-refractivity contribution >= 4 is 17.3 Å². The number of carbonyl (C=O) groups excluding carboxylic acids is 1. The van der Waals surface area contributed by atoms with Gasteiger partial charge >= 0.3 is 0 Å². The monoisotopic (exact) mass is 353 g/mol.